The molecular formula is C12H12F5NOS. The molecule has 0 aromatic heterocycles. The molecule has 1 aromatic carbocycles. The molecule has 2 nitrogen and oxygen atoms in total. The lowest BCUT2D eigenvalue weighted by atomic mass is 10.1. The zero-order valence-corrected chi connectivity index (χ0v) is 11.7. The molecule has 0 spiro atoms. The Morgan fingerprint density at radius 2 is 1.55 bits per heavy atom. The third kappa shape index (κ3) is 4.17. The van der Waals surface area contributed by atoms with Gasteiger partial charge in [-0.25, -0.2) is 8.78 Å². The van der Waals surface area contributed by atoms with E-state index >= 15 is 0 Å². The van der Waals surface area contributed by atoms with Gasteiger partial charge in [0.15, 0.2) is 0 Å². The van der Waals surface area contributed by atoms with Crippen molar-refractivity contribution in [1.82, 2.24) is 0 Å². The topological polar surface area (TPSA) is 35.4 Å². The van der Waals surface area contributed by atoms with Crippen LogP contribution in [0.1, 0.15) is 31.9 Å². The van der Waals surface area contributed by atoms with Crippen molar-refractivity contribution >= 4 is 17.6 Å². The molecule has 0 fully saturated rings. The molecule has 0 N–H and O–H groups in total. The summed E-state index contributed by atoms with van der Waals surface area (Å²) in [5.74, 6) is -2.82. The van der Waals surface area contributed by atoms with Crippen LogP contribution < -0.4 is 0 Å². The van der Waals surface area contributed by atoms with Crippen molar-refractivity contribution in [3.8, 4) is 0 Å². The van der Waals surface area contributed by atoms with Gasteiger partial charge in [0.25, 0.3) is 0 Å². The van der Waals surface area contributed by atoms with Gasteiger partial charge in [0, 0.05) is 0 Å². The maximum absolute atomic E-state index is 13.5. The molecule has 112 valence electrons. The number of hydrogen-bond acceptors (Lipinski definition) is 2. The quantitative estimate of drug-likeness (QED) is 0.464. The van der Waals surface area contributed by atoms with Gasteiger partial charge >= 0.3 is 6.18 Å². The van der Waals surface area contributed by atoms with E-state index in [1.165, 1.54) is 0 Å². The van der Waals surface area contributed by atoms with Crippen LogP contribution >= 0.6 is 0 Å². The first-order chi connectivity index (χ1) is 8.93. The Morgan fingerprint density at radius 3 is 1.90 bits per heavy atom. The minimum Gasteiger partial charge on any atom is -0.591 e. The van der Waals surface area contributed by atoms with Crippen LogP contribution in [-0.2, 0) is 17.5 Å². The van der Waals surface area contributed by atoms with Crippen molar-refractivity contribution in [3.05, 3.63) is 34.9 Å². The van der Waals surface area contributed by atoms with Crippen LogP contribution in [0.4, 0.5) is 22.0 Å². The van der Waals surface area contributed by atoms with Crippen molar-refractivity contribution in [1.29, 1.82) is 0 Å². The van der Waals surface area contributed by atoms with E-state index < -0.39 is 45.0 Å². The van der Waals surface area contributed by atoms with Gasteiger partial charge in [-0.2, -0.15) is 13.2 Å². The molecular weight excluding hydrogens is 301 g/mol. The molecule has 0 heterocycles. The van der Waals surface area contributed by atoms with E-state index in [0.29, 0.717) is 6.21 Å². The van der Waals surface area contributed by atoms with E-state index in [-0.39, 0.29) is 12.1 Å². The second-order valence-corrected chi connectivity index (χ2v) is 6.88. The summed E-state index contributed by atoms with van der Waals surface area (Å²) in [7, 11) is 0. The van der Waals surface area contributed by atoms with E-state index in [9.17, 15) is 26.5 Å². The highest BCUT2D eigenvalue weighted by atomic mass is 32.2. The molecule has 1 rings (SSSR count). The highest BCUT2D eigenvalue weighted by molar-refractivity contribution is 7.91. The molecule has 1 aromatic rings. The van der Waals surface area contributed by atoms with Crippen LogP contribution in [0.2, 0.25) is 0 Å². The molecule has 20 heavy (non-hydrogen) atoms. The summed E-state index contributed by atoms with van der Waals surface area (Å²) in [4.78, 5) is 0. The molecule has 1 atom stereocenters. The highest BCUT2D eigenvalue weighted by Crippen LogP contribution is 2.31. The summed E-state index contributed by atoms with van der Waals surface area (Å²) in [5.41, 5.74) is -2.18. The first kappa shape index (κ1) is 16.9. The van der Waals surface area contributed by atoms with E-state index in [1.807, 2.05) is 0 Å². The molecule has 0 amide bonds. The molecule has 0 saturated heterocycles. The van der Waals surface area contributed by atoms with Crippen molar-refractivity contribution in [2.45, 2.75) is 31.7 Å². The minimum atomic E-state index is -4.84. The van der Waals surface area contributed by atoms with E-state index in [1.54, 1.807) is 20.8 Å². The fourth-order valence-electron chi connectivity index (χ4n) is 1.13. The van der Waals surface area contributed by atoms with Crippen LogP contribution in [0.15, 0.2) is 16.5 Å². The predicted octanol–water partition coefficient (Wildman–Crippen LogP) is 3.86. The molecule has 8 heteroatoms. The molecule has 0 radical (unpaired) electrons. The lowest BCUT2D eigenvalue weighted by molar-refractivity contribution is -0.138. The molecule has 0 aliphatic carbocycles. The smallest absolute Gasteiger partial charge is 0.416 e. The van der Waals surface area contributed by atoms with Crippen LogP contribution in [0.3, 0.4) is 0 Å². The standard InChI is InChI=1S/C12H12F5NOS/c1-11(2,3)20(19)18-6-8-9(13)4-7(5-10(8)14)12(15,16)17/h4-6H,1-3H3. The minimum absolute atomic E-state index is 0.171. The predicted molar refractivity (Wildman–Crippen MR) is 66.8 cm³/mol. The summed E-state index contributed by atoms with van der Waals surface area (Å²) in [6, 6.07) is 0.342. The maximum atomic E-state index is 13.5. The van der Waals surface area contributed by atoms with Gasteiger partial charge in [0.1, 0.15) is 27.7 Å². The monoisotopic (exact) mass is 313 g/mol. The van der Waals surface area contributed by atoms with Gasteiger partial charge in [0.2, 0.25) is 0 Å². The molecule has 0 saturated carbocycles. The van der Waals surface area contributed by atoms with Crippen LogP contribution in [0.25, 0.3) is 0 Å². The fraction of sp³-hybridized carbons (Fsp3) is 0.417. The summed E-state index contributed by atoms with van der Waals surface area (Å²) in [6.45, 7) is 4.79. The first-order valence-electron chi connectivity index (χ1n) is 5.45. The molecule has 0 aliphatic heterocycles. The zero-order chi connectivity index (χ0) is 15.7. The summed E-state index contributed by atoms with van der Waals surface area (Å²) in [5, 5.41) is 0. The second-order valence-electron chi connectivity index (χ2n) is 4.95. The Hall–Kier alpha value is -1.15. The van der Waals surface area contributed by atoms with Crippen LogP contribution in [0, 0.1) is 11.6 Å². The SMILES string of the molecule is CC(C)(C)[S+]([O-])N=Cc1c(F)cc(C(F)(F)F)cc1F. The van der Waals surface area contributed by atoms with Gasteiger partial charge < -0.3 is 4.55 Å². The van der Waals surface area contributed by atoms with Crippen molar-refractivity contribution in [2.75, 3.05) is 0 Å². The Morgan fingerprint density at radius 1 is 1.10 bits per heavy atom. The number of hydrogen-bond donors (Lipinski definition) is 0. The summed E-state index contributed by atoms with van der Waals surface area (Å²) < 4.78 is 78.2. The Kier molecular flexibility index (Phi) is 4.81. The lowest BCUT2D eigenvalue weighted by Gasteiger charge is -2.17. The fourth-order valence-corrected chi connectivity index (χ4v) is 1.65. The Balaban J connectivity index is 3.13. The number of rotatable bonds is 2. The summed E-state index contributed by atoms with van der Waals surface area (Å²) >= 11 is -1.76. The van der Waals surface area contributed by atoms with Gasteiger partial charge in [-0.3, -0.25) is 0 Å². The number of halogens is 5. The van der Waals surface area contributed by atoms with E-state index in [0.717, 1.165) is 0 Å². The molecule has 0 bridgehead atoms. The normalized spacial score (nSPS) is 14.8. The largest absolute Gasteiger partial charge is 0.591 e. The van der Waals surface area contributed by atoms with Crippen molar-refractivity contribution in [3.63, 3.8) is 0 Å². The number of alkyl halides is 3. The third-order valence-electron chi connectivity index (χ3n) is 2.21. The highest BCUT2D eigenvalue weighted by Gasteiger charge is 2.32. The van der Waals surface area contributed by atoms with Gasteiger partial charge in [0.05, 0.1) is 17.3 Å². The summed E-state index contributed by atoms with van der Waals surface area (Å²) in [6.07, 6.45) is -4.20. The third-order valence-corrected chi connectivity index (χ3v) is 3.55. The average molecular weight is 313 g/mol. The van der Waals surface area contributed by atoms with Gasteiger partial charge in [-0.15, -0.1) is 0 Å². The number of benzene rings is 1. The second kappa shape index (κ2) is 5.69. The maximum Gasteiger partial charge on any atom is 0.416 e. The lowest BCUT2D eigenvalue weighted by Crippen LogP contribution is -2.26. The van der Waals surface area contributed by atoms with E-state index in [4.69, 9.17) is 0 Å². The molecule has 0 aliphatic rings. The number of nitrogens with zero attached hydrogens (tertiary/aromatic N) is 1. The Labute approximate surface area is 116 Å². The van der Waals surface area contributed by atoms with Gasteiger partial charge in [-0.1, -0.05) is 4.40 Å². The van der Waals surface area contributed by atoms with E-state index in [2.05, 4.69) is 4.40 Å². The van der Waals surface area contributed by atoms with Crippen LogP contribution in [-0.4, -0.2) is 15.5 Å². The van der Waals surface area contributed by atoms with Crippen LogP contribution in [0.5, 0.6) is 0 Å². The zero-order valence-electron chi connectivity index (χ0n) is 10.9. The Bertz CT molecular complexity index is 499. The average Bonchev–Trinajstić information content (AvgIpc) is 2.24. The van der Waals surface area contributed by atoms with Gasteiger partial charge in [-0.05, 0) is 32.9 Å². The van der Waals surface area contributed by atoms with Crippen molar-refractivity contribution in [2.24, 2.45) is 4.40 Å². The van der Waals surface area contributed by atoms with Crippen molar-refractivity contribution < 1.29 is 26.5 Å². The molecule has 1 unspecified atom stereocenters. The first-order valence-corrected chi connectivity index (χ1v) is 6.56.